The smallest absolute Gasteiger partial charge is 0.357 e. The van der Waals surface area contributed by atoms with Gasteiger partial charge in [-0.05, 0) is 31.4 Å². The minimum absolute atomic E-state index is 0.171. The molecule has 0 unspecified atom stereocenters. The summed E-state index contributed by atoms with van der Waals surface area (Å²) in [5, 5.41) is 0.490. The Morgan fingerprint density at radius 1 is 1.07 bits per heavy atom. The van der Waals surface area contributed by atoms with Gasteiger partial charge in [-0.3, -0.25) is 0 Å². The van der Waals surface area contributed by atoms with Crippen molar-refractivity contribution in [2.45, 2.75) is 65.2 Å². The van der Waals surface area contributed by atoms with Gasteiger partial charge in [-0.25, -0.2) is 9.18 Å². The summed E-state index contributed by atoms with van der Waals surface area (Å²) in [6.07, 6.45) is 11.3. The van der Waals surface area contributed by atoms with Gasteiger partial charge >= 0.3 is 5.97 Å². The van der Waals surface area contributed by atoms with Crippen molar-refractivity contribution < 1.29 is 13.9 Å². The lowest BCUT2D eigenvalue weighted by Gasteiger charge is -2.07. The van der Waals surface area contributed by atoms with Crippen LogP contribution in [-0.2, 0) is 11.2 Å². The lowest BCUT2D eigenvalue weighted by molar-refractivity contribution is 0.0515. The van der Waals surface area contributed by atoms with E-state index in [1.807, 2.05) is 18.2 Å². The Balaban J connectivity index is 1.96. The van der Waals surface area contributed by atoms with Crippen LogP contribution in [0.2, 0.25) is 5.02 Å². The highest BCUT2D eigenvalue weighted by Gasteiger charge is 2.21. The van der Waals surface area contributed by atoms with Crippen LogP contribution in [0.4, 0.5) is 4.39 Å². The molecule has 27 heavy (non-hydrogen) atoms. The Labute approximate surface area is 166 Å². The molecule has 0 spiro atoms. The van der Waals surface area contributed by atoms with Crippen LogP contribution in [0, 0.1) is 5.82 Å². The first-order chi connectivity index (χ1) is 13.1. The molecule has 0 atom stereocenters. The molecule has 1 aromatic carbocycles. The maximum atomic E-state index is 14.6. The van der Waals surface area contributed by atoms with Gasteiger partial charge in [0, 0.05) is 22.3 Å². The monoisotopic (exact) mass is 393 g/mol. The molecule has 5 heteroatoms. The molecule has 2 aromatic rings. The van der Waals surface area contributed by atoms with Crippen molar-refractivity contribution in [2.24, 2.45) is 0 Å². The van der Waals surface area contributed by atoms with Crippen molar-refractivity contribution in [3.05, 3.63) is 46.5 Å². The van der Waals surface area contributed by atoms with Crippen molar-refractivity contribution in [3.63, 3.8) is 0 Å². The fraction of sp³-hybridized carbons (Fsp3) is 0.500. The third-order valence-electron chi connectivity index (χ3n) is 4.69. The SMILES string of the molecule is CCCCCCCCCc1ccc(-c2c[nH]c(C(=O)OCC)c2F)c(Cl)c1. The van der Waals surface area contributed by atoms with Crippen LogP contribution in [0.25, 0.3) is 11.1 Å². The summed E-state index contributed by atoms with van der Waals surface area (Å²) in [5.41, 5.74) is 1.84. The highest BCUT2D eigenvalue weighted by molar-refractivity contribution is 6.33. The van der Waals surface area contributed by atoms with Gasteiger partial charge in [-0.15, -0.1) is 0 Å². The molecular formula is C22H29ClFNO2. The van der Waals surface area contributed by atoms with E-state index in [0.29, 0.717) is 10.6 Å². The first-order valence-electron chi connectivity index (χ1n) is 9.91. The number of carbonyl (C=O) groups excluding carboxylic acids is 1. The molecule has 0 bridgehead atoms. The second-order valence-electron chi connectivity index (χ2n) is 6.80. The number of aromatic nitrogens is 1. The highest BCUT2D eigenvalue weighted by atomic mass is 35.5. The minimum atomic E-state index is -0.701. The molecule has 0 radical (unpaired) electrons. The van der Waals surface area contributed by atoms with Gasteiger partial charge in [0.15, 0.2) is 11.5 Å². The van der Waals surface area contributed by atoms with Crippen LogP contribution in [0.3, 0.4) is 0 Å². The summed E-state index contributed by atoms with van der Waals surface area (Å²) in [7, 11) is 0. The van der Waals surface area contributed by atoms with Gasteiger partial charge in [0.25, 0.3) is 0 Å². The summed E-state index contributed by atoms with van der Waals surface area (Å²) in [4.78, 5) is 14.4. The molecule has 0 aliphatic carbocycles. The minimum Gasteiger partial charge on any atom is -0.461 e. The Morgan fingerprint density at radius 2 is 1.78 bits per heavy atom. The topological polar surface area (TPSA) is 42.1 Å². The van der Waals surface area contributed by atoms with Crippen molar-refractivity contribution >= 4 is 17.6 Å². The molecule has 0 aliphatic heterocycles. The van der Waals surface area contributed by atoms with Gasteiger partial charge < -0.3 is 9.72 Å². The first-order valence-corrected chi connectivity index (χ1v) is 10.3. The van der Waals surface area contributed by atoms with Crippen LogP contribution in [0.5, 0.6) is 0 Å². The van der Waals surface area contributed by atoms with Crippen LogP contribution in [-0.4, -0.2) is 17.6 Å². The summed E-state index contributed by atoms with van der Waals surface area (Å²) < 4.78 is 19.4. The van der Waals surface area contributed by atoms with E-state index < -0.39 is 11.8 Å². The highest BCUT2D eigenvalue weighted by Crippen LogP contribution is 2.32. The van der Waals surface area contributed by atoms with Gasteiger partial charge in [0.05, 0.1) is 6.61 Å². The summed E-state index contributed by atoms with van der Waals surface area (Å²) >= 11 is 6.39. The number of benzene rings is 1. The quantitative estimate of drug-likeness (QED) is 0.331. The van der Waals surface area contributed by atoms with Crippen LogP contribution >= 0.6 is 11.6 Å². The van der Waals surface area contributed by atoms with E-state index >= 15 is 0 Å². The third-order valence-corrected chi connectivity index (χ3v) is 5.00. The van der Waals surface area contributed by atoms with Gasteiger partial charge in [0.2, 0.25) is 0 Å². The molecule has 3 nitrogen and oxygen atoms in total. The number of rotatable bonds is 11. The van der Waals surface area contributed by atoms with E-state index in [-0.39, 0.29) is 17.9 Å². The normalized spacial score (nSPS) is 11.0. The van der Waals surface area contributed by atoms with Crippen molar-refractivity contribution in [2.75, 3.05) is 6.61 Å². The van der Waals surface area contributed by atoms with Crippen molar-refractivity contribution in [1.82, 2.24) is 4.98 Å². The standard InChI is InChI=1S/C22H29ClFNO2/c1-3-5-6-7-8-9-10-11-16-12-13-17(19(23)14-16)18-15-25-21(20(18)24)22(26)27-4-2/h12-15,25H,3-11H2,1-2H3. The van der Waals surface area contributed by atoms with E-state index in [1.54, 1.807) is 6.92 Å². The number of nitrogens with one attached hydrogen (secondary N) is 1. The number of unbranched alkanes of at least 4 members (excludes halogenated alkanes) is 6. The molecule has 2 rings (SSSR count). The van der Waals surface area contributed by atoms with Crippen molar-refractivity contribution in [1.29, 1.82) is 0 Å². The van der Waals surface area contributed by atoms with E-state index in [4.69, 9.17) is 16.3 Å². The number of aryl methyl sites for hydroxylation is 1. The maximum Gasteiger partial charge on any atom is 0.357 e. The van der Waals surface area contributed by atoms with Gasteiger partial charge in [0.1, 0.15) is 0 Å². The molecule has 1 N–H and O–H groups in total. The predicted molar refractivity (Wildman–Crippen MR) is 109 cm³/mol. The zero-order valence-corrected chi connectivity index (χ0v) is 17.0. The molecule has 0 amide bonds. The van der Waals surface area contributed by atoms with E-state index in [2.05, 4.69) is 11.9 Å². The number of H-pyrrole nitrogens is 1. The third kappa shape index (κ3) is 6.10. The Morgan fingerprint density at radius 3 is 2.44 bits per heavy atom. The number of ether oxygens (including phenoxy) is 1. The summed E-state index contributed by atoms with van der Waals surface area (Å²) in [5.74, 6) is -1.33. The summed E-state index contributed by atoms with van der Waals surface area (Å²) in [6, 6.07) is 5.69. The molecule has 1 aromatic heterocycles. The zero-order chi connectivity index (χ0) is 19.6. The Hall–Kier alpha value is -1.81. The van der Waals surface area contributed by atoms with Crippen LogP contribution in [0.15, 0.2) is 24.4 Å². The summed E-state index contributed by atoms with van der Waals surface area (Å²) in [6.45, 7) is 4.10. The molecular weight excluding hydrogens is 365 g/mol. The maximum absolute atomic E-state index is 14.6. The van der Waals surface area contributed by atoms with E-state index in [1.165, 1.54) is 44.7 Å². The van der Waals surface area contributed by atoms with E-state index in [9.17, 15) is 9.18 Å². The van der Waals surface area contributed by atoms with Gasteiger partial charge in [-0.2, -0.15) is 0 Å². The molecule has 0 fully saturated rings. The number of hydrogen-bond acceptors (Lipinski definition) is 2. The molecule has 0 saturated heterocycles. The van der Waals surface area contributed by atoms with Crippen molar-refractivity contribution in [3.8, 4) is 11.1 Å². The largest absolute Gasteiger partial charge is 0.461 e. The second-order valence-corrected chi connectivity index (χ2v) is 7.20. The first kappa shape index (κ1) is 21.5. The fourth-order valence-electron chi connectivity index (χ4n) is 3.17. The average Bonchev–Trinajstić information content (AvgIpc) is 3.03. The Bertz CT molecular complexity index is 742. The molecule has 1 heterocycles. The average molecular weight is 394 g/mol. The molecule has 0 saturated carbocycles. The lowest BCUT2D eigenvalue weighted by Crippen LogP contribution is -2.06. The second kappa shape index (κ2) is 11.1. The Kier molecular flexibility index (Phi) is 8.86. The number of esters is 1. The number of halogens is 2. The van der Waals surface area contributed by atoms with Crippen LogP contribution < -0.4 is 0 Å². The van der Waals surface area contributed by atoms with Crippen LogP contribution in [0.1, 0.15) is 74.8 Å². The molecule has 0 aliphatic rings. The van der Waals surface area contributed by atoms with Gasteiger partial charge in [-0.1, -0.05) is 69.2 Å². The molecule has 148 valence electrons. The zero-order valence-electron chi connectivity index (χ0n) is 16.2. The van der Waals surface area contributed by atoms with E-state index in [0.717, 1.165) is 18.4 Å². The lowest BCUT2D eigenvalue weighted by atomic mass is 10.0. The number of aromatic amines is 1. The number of carbonyl (C=O) groups is 1. The fourth-order valence-corrected chi connectivity index (χ4v) is 3.48. The predicted octanol–water partition coefficient (Wildman–Crippen LogP) is 6.94. The number of hydrogen-bond donors (Lipinski definition) is 1.